The number of H-pyrrole nitrogens is 1. The summed E-state index contributed by atoms with van der Waals surface area (Å²) in [7, 11) is 0. The second kappa shape index (κ2) is 6.99. The maximum Gasteiger partial charge on any atom is 0.241 e. The number of nitrogens with zero attached hydrogens (tertiary/aromatic N) is 3. The Labute approximate surface area is 142 Å². The number of nitrogen functional groups attached to an aromatic ring is 1. The van der Waals surface area contributed by atoms with Gasteiger partial charge in [0.1, 0.15) is 0 Å². The van der Waals surface area contributed by atoms with Crippen LogP contribution >= 0.6 is 15.9 Å². The number of benzene rings is 1. The summed E-state index contributed by atoms with van der Waals surface area (Å²) in [6.45, 7) is 2.07. The third-order valence-electron chi connectivity index (χ3n) is 4.07. The Kier molecular flexibility index (Phi) is 4.80. The molecule has 0 spiro atoms. The lowest BCUT2D eigenvalue weighted by atomic mass is 9.96. The van der Waals surface area contributed by atoms with Crippen LogP contribution in [0.25, 0.3) is 0 Å². The zero-order valence-electron chi connectivity index (χ0n) is 12.6. The molecular weight excluding hydrogens is 360 g/mol. The number of anilines is 2. The van der Waals surface area contributed by atoms with Crippen LogP contribution in [0, 0.1) is 5.92 Å². The van der Waals surface area contributed by atoms with Crippen LogP contribution in [0.4, 0.5) is 11.9 Å². The van der Waals surface area contributed by atoms with E-state index >= 15 is 0 Å². The van der Waals surface area contributed by atoms with E-state index in [-0.39, 0.29) is 17.8 Å². The van der Waals surface area contributed by atoms with Crippen molar-refractivity contribution in [3.8, 4) is 0 Å². The van der Waals surface area contributed by atoms with Gasteiger partial charge in [0.25, 0.3) is 0 Å². The Morgan fingerprint density at radius 2 is 2.13 bits per heavy atom. The number of amides is 1. The molecule has 1 aliphatic heterocycles. The summed E-state index contributed by atoms with van der Waals surface area (Å²) in [6.07, 6.45) is 1.59. The van der Waals surface area contributed by atoms with Crippen molar-refractivity contribution in [2.75, 3.05) is 23.7 Å². The van der Waals surface area contributed by atoms with Gasteiger partial charge in [0, 0.05) is 30.0 Å². The number of hydrogen-bond donors (Lipinski definition) is 3. The van der Waals surface area contributed by atoms with E-state index in [9.17, 15) is 4.79 Å². The number of nitrogens with one attached hydrogen (secondary N) is 2. The first-order valence-corrected chi connectivity index (χ1v) is 8.36. The zero-order chi connectivity index (χ0) is 16.2. The number of aromatic nitrogens is 3. The molecule has 0 saturated carbocycles. The molecule has 23 heavy (non-hydrogen) atoms. The smallest absolute Gasteiger partial charge is 0.241 e. The second-order valence-electron chi connectivity index (χ2n) is 5.59. The lowest BCUT2D eigenvalue weighted by Crippen LogP contribution is -2.40. The average molecular weight is 379 g/mol. The molecule has 7 nitrogen and oxygen atoms in total. The summed E-state index contributed by atoms with van der Waals surface area (Å²) in [5.41, 5.74) is 6.60. The average Bonchev–Trinajstić information content (AvgIpc) is 3.00. The first kappa shape index (κ1) is 15.8. The fourth-order valence-electron chi connectivity index (χ4n) is 2.73. The minimum Gasteiger partial charge on any atom is -0.366 e. The Morgan fingerprint density at radius 3 is 2.78 bits per heavy atom. The maximum atomic E-state index is 12.3. The molecule has 1 aromatic carbocycles. The predicted molar refractivity (Wildman–Crippen MR) is 91.7 cm³/mol. The molecule has 3 rings (SSSR count). The highest BCUT2D eigenvalue weighted by Gasteiger charge is 2.26. The number of halogens is 1. The Hall–Kier alpha value is -2.09. The van der Waals surface area contributed by atoms with Gasteiger partial charge < -0.3 is 16.0 Å². The minimum absolute atomic E-state index is 0.0361. The van der Waals surface area contributed by atoms with E-state index in [2.05, 4.69) is 41.3 Å². The molecule has 1 amide bonds. The number of nitrogens with two attached hydrogens (primary N) is 1. The van der Waals surface area contributed by atoms with E-state index in [0.717, 1.165) is 36.0 Å². The van der Waals surface area contributed by atoms with Gasteiger partial charge in [-0.2, -0.15) is 4.98 Å². The summed E-state index contributed by atoms with van der Waals surface area (Å²) in [5, 5.41) is 9.66. The van der Waals surface area contributed by atoms with Crippen LogP contribution in [-0.2, 0) is 11.3 Å². The van der Waals surface area contributed by atoms with Crippen LogP contribution in [-0.4, -0.2) is 34.2 Å². The molecule has 2 heterocycles. The predicted octanol–water partition coefficient (Wildman–Crippen LogP) is 1.68. The summed E-state index contributed by atoms with van der Waals surface area (Å²) in [4.78, 5) is 18.5. The van der Waals surface area contributed by atoms with Gasteiger partial charge in [-0.15, -0.1) is 5.10 Å². The number of carbonyl (C=O) groups excluding carboxylic acids is 1. The number of aromatic amines is 1. The van der Waals surface area contributed by atoms with Crippen LogP contribution in [0.1, 0.15) is 18.4 Å². The quantitative estimate of drug-likeness (QED) is 0.751. The fraction of sp³-hybridized carbons (Fsp3) is 0.400. The van der Waals surface area contributed by atoms with Gasteiger partial charge in [0.15, 0.2) is 0 Å². The van der Waals surface area contributed by atoms with Gasteiger partial charge in [-0.3, -0.25) is 4.79 Å². The van der Waals surface area contributed by atoms with Crippen molar-refractivity contribution in [2.45, 2.75) is 19.4 Å². The molecule has 0 bridgehead atoms. The van der Waals surface area contributed by atoms with Gasteiger partial charge in [-0.05, 0) is 24.5 Å². The van der Waals surface area contributed by atoms with E-state index in [4.69, 9.17) is 5.73 Å². The van der Waals surface area contributed by atoms with E-state index < -0.39 is 0 Å². The van der Waals surface area contributed by atoms with Gasteiger partial charge in [0.05, 0.1) is 0 Å². The van der Waals surface area contributed by atoms with Crippen molar-refractivity contribution in [3.63, 3.8) is 0 Å². The second-order valence-corrected chi connectivity index (χ2v) is 6.44. The monoisotopic (exact) mass is 378 g/mol. The van der Waals surface area contributed by atoms with Crippen molar-refractivity contribution >= 4 is 33.7 Å². The van der Waals surface area contributed by atoms with Crippen LogP contribution in [0.2, 0.25) is 0 Å². The fourth-order valence-corrected chi connectivity index (χ4v) is 3.15. The SMILES string of the molecule is Nc1n[nH]c(N2CCC(C(=O)NCc3ccccc3Br)CC2)n1. The molecule has 8 heteroatoms. The number of rotatable bonds is 4. The lowest BCUT2D eigenvalue weighted by molar-refractivity contribution is -0.125. The highest BCUT2D eigenvalue weighted by molar-refractivity contribution is 9.10. The minimum atomic E-state index is 0.0361. The molecule has 0 atom stereocenters. The van der Waals surface area contributed by atoms with Crippen LogP contribution in [0.5, 0.6) is 0 Å². The highest BCUT2D eigenvalue weighted by atomic mass is 79.9. The number of hydrogen-bond acceptors (Lipinski definition) is 5. The van der Waals surface area contributed by atoms with Crippen molar-refractivity contribution < 1.29 is 4.79 Å². The van der Waals surface area contributed by atoms with Gasteiger partial charge >= 0.3 is 0 Å². The zero-order valence-corrected chi connectivity index (χ0v) is 14.2. The van der Waals surface area contributed by atoms with Gasteiger partial charge in [-0.1, -0.05) is 34.1 Å². The van der Waals surface area contributed by atoms with Crippen molar-refractivity contribution in [1.29, 1.82) is 0 Å². The van der Waals surface area contributed by atoms with E-state index in [1.54, 1.807) is 0 Å². The standard InChI is InChI=1S/C15H19BrN6O/c16-12-4-2-1-3-11(12)9-18-13(23)10-5-7-22(8-6-10)15-19-14(17)20-21-15/h1-4,10H,5-9H2,(H,18,23)(H3,17,19,20,21). The summed E-state index contributed by atoms with van der Waals surface area (Å²) < 4.78 is 1.01. The van der Waals surface area contributed by atoms with Crippen LogP contribution in [0.3, 0.4) is 0 Å². The molecule has 1 saturated heterocycles. The summed E-state index contributed by atoms with van der Waals surface area (Å²) in [6, 6.07) is 7.90. The molecule has 0 aliphatic carbocycles. The summed E-state index contributed by atoms with van der Waals surface area (Å²) >= 11 is 3.49. The first-order chi connectivity index (χ1) is 11.1. The first-order valence-electron chi connectivity index (χ1n) is 7.57. The molecular formula is C15H19BrN6O. The Bertz CT molecular complexity index is 680. The largest absolute Gasteiger partial charge is 0.366 e. The van der Waals surface area contributed by atoms with Crippen molar-refractivity contribution in [2.24, 2.45) is 5.92 Å². The number of piperidine rings is 1. The summed E-state index contributed by atoms with van der Waals surface area (Å²) in [5.74, 6) is 1.06. The lowest BCUT2D eigenvalue weighted by Gasteiger charge is -2.30. The van der Waals surface area contributed by atoms with E-state index in [1.165, 1.54) is 0 Å². The van der Waals surface area contributed by atoms with E-state index in [1.807, 2.05) is 24.3 Å². The van der Waals surface area contributed by atoms with Crippen molar-refractivity contribution in [1.82, 2.24) is 20.5 Å². The molecule has 0 unspecified atom stereocenters. The molecule has 1 aliphatic rings. The molecule has 122 valence electrons. The molecule has 2 aromatic rings. The number of carbonyl (C=O) groups is 1. The van der Waals surface area contributed by atoms with Gasteiger partial charge in [0.2, 0.25) is 17.8 Å². The highest BCUT2D eigenvalue weighted by Crippen LogP contribution is 2.21. The normalized spacial score (nSPS) is 15.6. The van der Waals surface area contributed by atoms with E-state index in [0.29, 0.717) is 12.5 Å². The molecule has 1 fully saturated rings. The maximum absolute atomic E-state index is 12.3. The molecule has 4 N–H and O–H groups in total. The topological polar surface area (TPSA) is 99.9 Å². The van der Waals surface area contributed by atoms with Gasteiger partial charge in [-0.25, -0.2) is 5.10 Å². The van der Waals surface area contributed by atoms with Crippen LogP contribution in [0.15, 0.2) is 28.7 Å². The third kappa shape index (κ3) is 3.82. The van der Waals surface area contributed by atoms with Crippen molar-refractivity contribution in [3.05, 3.63) is 34.3 Å². The Balaban J connectivity index is 1.49. The van der Waals surface area contributed by atoms with Crippen LogP contribution < -0.4 is 16.0 Å². The third-order valence-corrected chi connectivity index (χ3v) is 4.84. The molecule has 0 radical (unpaired) electrons. The molecule has 1 aromatic heterocycles. The Morgan fingerprint density at radius 1 is 1.39 bits per heavy atom.